The molecule has 2 aromatic heterocycles. The summed E-state index contributed by atoms with van der Waals surface area (Å²) in [5, 5.41) is 15.6. The van der Waals surface area contributed by atoms with Gasteiger partial charge in [0.15, 0.2) is 0 Å². The smallest absolute Gasteiger partial charge is 0.0692 e. The van der Waals surface area contributed by atoms with E-state index in [0.29, 0.717) is 6.04 Å². The zero-order valence-corrected chi connectivity index (χ0v) is 11.2. The molecule has 0 spiro atoms. The van der Waals surface area contributed by atoms with E-state index in [1.54, 1.807) is 6.20 Å². The van der Waals surface area contributed by atoms with Crippen LogP contribution in [0.1, 0.15) is 18.3 Å². The highest BCUT2D eigenvalue weighted by molar-refractivity contribution is 5.06. The van der Waals surface area contributed by atoms with Crippen molar-refractivity contribution in [1.29, 1.82) is 0 Å². The van der Waals surface area contributed by atoms with Gasteiger partial charge in [0.1, 0.15) is 0 Å². The summed E-state index contributed by atoms with van der Waals surface area (Å²) in [7, 11) is 0. The summed E-state index contributed by atoms with van der Waals surface area (Å²) in [5.41, 5.74) is 2.28. The van der Waals surface area contributed by atoms with E-state index in [2.05, 4.69) is 40.6 Å². The predicted octanol–water partition coefficient (Wildman–Crippen LogP) is 0.770. The van der Waals surface area contributed by atoms with Crippen molar-refractivity contribution in [2.24, 2.45) is 0 Å². The number of aryl methyl sites for hydroxylation is 2. The van der Waals surface area contributed by atoms with E-state index >= 15 is 0 Å². The Morgan fingerprint density at radius 3 is 2.83 bits per heavy atom. The highest BCUT2D eigenvalue weighted by Gasteiger charge is 2.06. The highest BCUT2D eigenvalue weighted by atomic mass is 15.4. The van der Waals surface area contributed by atoms with Gasteiger partial charge in [-0.1, -0.05) is 5.21 Å². The number of nitrogens with one attached hydrogen (secondary N) is 1. The van der Waals surface area contributed by atoms with Crippen molar-refractivity contribution < 1.29 is 0 Å². The SMILES string of the molecule is Cc1cc(C)n(C[C@H](C)NCCn2ccnn2)n1. The molecule has 0 bridgehead atoms. The van der Waals surface area contributed by atoms with Crippen LogP contribution < -0.4 is 5.32 Å². The number of hydrogen-bond donors (Lipinski definition) is 1. The fraction of sp³-hybridized carbons (Fsp3) is 0.583. The molecule has 0 aliphatic carbocycles. The van der Waals surface area contributed by atoms with E-state index in [1.165, 1.54) is 5.69 Å². The molecule has 0 aliphatic rings. The summed E-state index contributed by atoms with van der Waals surface area (Å²) in [6.07, 6.45) is 3.56. The van der Waals surface area contributed by atoms with Gasteiger partial charge < -0.3 is 5.32 Å². The van der Waals surface area contributed by atoms with Crippen molar-refractivity contribution in [3.63, 3.8) is 0 Å². The molecule has 98 valence electrons. The lowest BCUT2D eigenvalue weighted by atomic mass is 10.3. The molecule has 0 saturated carbocycles. The molecule has 2 rings (SSSR count). The number of rotatable bonds is 6. The highest BCUT2D eigenvalue weighted by Crippen LogP contribution is 2.02. The van der Waals surface area contributed by atoms with Crippen molar-refractivity contribution in [2.75, 3.05) is 6.54 Å². The molecule has 2 aromatic rings. The first-order valence-electron chi connectivity index (χ1n) is 6.23. The van der Waals surface area contributed by atoms with Crippen LogP contribution in [-0.4, -0.2) is 37.4 Å². The molecule has 6 nitrogen and oxygen atoms in total. The van der Waals surface area contributed by atoms with Gasteiger partial charge in [-0.15, -0.1) is 5.10 Å². The van der Waals surface area contributed by atoms with Crippen LogP contribution in [0.4, 0.5) is 0 Å². The van der Waals surface area contributed by atoms with Crippen LogP contribution in [0.2, 0.25) is 0 Å². The van der Waals surface area contributed by atoms with E-state index in [-0.39, 0.29) is 0 Å². The largest absolute Gasteiger partial charge is 0.311 e. The first-order chi connectivity index (χ1) is 8.65. The Morgan fingerprint density at radius 2 is 2.22 bits per heavy atom. The fourth-order valence-electron chi connectivity index (χ4n) is 1.96. The van der Waals surface area contributed by atoms with Gasteiger partial charge >= 0.3 is 0 Å². The van der Waals surface area contributed by atoms with E-state index in [4.69, 9.17) is 0 Å². The molecule has 0 aromatic carbocycles. The third-order valence-corrected chi connectivity index (χ3v) is 2.86. The lowest BCUT2D eigenvalue weighted by Gasteiger charge is -2.14. The van der Waals surface area contributed by atoms with E-state index in [1.807, 2.05) is 22.5 Å². The van der Waals surface area contributed by atoms with E-state index in [0.717, 1.165) is 25.3 Å². The number of hydrogen-bond acceptors (Lipinski definition) is 4. The van der Waals surface area contributed by atoms with Gasteiger partial charge in [-0.25, -0.2) is 0 Å². The fourth-order valence-corrected chi connectivity index (χ4v) is 1.96. The molecule has 0 aliphatic heterocycles. The lowest BCUT2D eigenvalue weighted by Crippen LogP contribution is -2.33. The molecule has 1 N–H and O–H groups in total. The molecule has 0 fully saturated rings. The quantitative estimate of drug-likeness (QED) is 0.820. The van der Waals surface area contributed by atoms with Crippen LogP contribution in [0.15, 0.2) is 18.5 Å². The minimum Gasteiger partial charge on any atom is -0.311 e. The molecule has 18 heavy (non-hydrogen) atoms. The average molecular weight is 248 g/mol. The average Bonchev–Trinajstić information content (AvgIpc) is 2.90. The molecule has 0 amide bonds. The Kier molecular flexibility index (Phi) is 4.09. The first-order valence-corrected chi connectivity index (χ1v) is 6.23. The molecule has 6 heteroatoms. The molecular formula is C12H20N6. The van der Waals surface area contributed by atoms with Gasteiger partial charge in [0.25, 0.3) is 0 Å². The Labute approximate surface area is 107 Å². The van der Waals surface area contributed by atoms with Crippen LogP contribution in [-0.2, 0) is 13.1 Å². The van der Waals surface area contributed by atoms with Gasteiger partial charge in [-0.3, -0.25) is 9.36 Å². The molecule has 0 unspecified atom stereocenters. The first kappa shape index (κ1) is 12.8. The topological polar surface area (TPSA) is 60.6 Å². The van der Waals surface area contributed by atoms with Gasteiger partial charge in [0, 0.05) is 24.5 Å². The van der Waals surface area contributed by atoms with Crippen molar-refractivity contribution >= 4 is 0 Å². The number of aromatic nitrogens is 5. The monoisotopic (exact) mass is 248 g/mol. The van der Waals surface area contributed by atoms with Crippen LogP contribution in [0, 0.1) is 13.8 Å². The second-order valence-electron chi connectivity index (χ2n) is 4.63. The van der Waals surface area contributed by atoms with Crippen molar-refractivity contribution in [3.05, 3.63) is 29.8 Å². The van der Waals surface area contributed by atoms with Gasteiger partial charge in [0.05, 0.1) is 25.0 Å². The summed E-state index contributed by atoms with van der Waals surface area (Å²) in [6.45, 7) is 8.87. The Hall–Kier alpha value is -1.69. The second kappa shape index (κ2) is 5.77. The van der Waals surface area contributed by atoms with Crippen LogP contribution >= 0.6 is 0 Å². The normalized spacial score (nSPS) is 12.8. The van der Waals surface area contributed by atoms with Crippen LogP contribution in [0.3, 0.4) is 0 Å². The maximum absolute atomic E-state index is 4.46. The van der Waals surface area contributed by atoms with Crippen LogP contribution in [0.5, 0.6) is 0 Å². The third kappa shape index (κ3) is 3.40. The molecular weight excluding hydrogens is 228 g/mol. The standard InChI is InChI=1S/C12H20N6/c1-10-8-12(3)18(15-10)9-11(2)13-4-6-17-7-5-14-16-17/h5,7-8,11,13H,4,6,9H2,1-3H3/t11-/m0/s1. The number of nitrogens with zero attached hydrogens (tertiary/aromatic N) is 5. The van der Waals surface area contributed by atoms with Crippen molar-refractivity contribution in [1.82, 2.24) is 30.1 Å². The maximum atomic E-state index is 4.46. The molecule has 1 atom stereocenters. The minimum absolute atomic E-state index is 0.381. The lowest BCUT2D eigenvalue weighted by molar-refractivity contribution is 0.425. The minimum atomic E-state index is 0.381. The third-order valence-electron chi connectivity index (χ3n) is 2.86. The van der Waals surface area contributed by atoms with Crippen molar-refractivity contribution in [2.45, 2.75) is 39.9 Å². The van der Waals surface area contributed by atoms with Crippen LogP contribution in [0.25, 0.3) is 0 Å². The summed E-state index contributed by atoms with van der Waals surface area (Å²) < 4.78 is 3.87. The van der Waals surface area contributed by atoms with E-state index in [9.17, 15) is 0 Å². The summed E-state index contributed by atoms with van der Waals surface area (Å²) in [4.78, 5) is 0. The van der Waals surface area contributed by atoms with Gasteiger partial charge in [0.2, 0.25) is 0 Å². The summed E-state index contributed by atoms with van der Waals surface area (Å²) in [5.74, 6) is 0. The molecule has 2 heterocycles. The van der Waals surface area contributed by atoms with Gasteiger partial charge in [-0.05, 0) is 26.8 Å². The molecule has 0 radical (unpaired) electrons. The Bertz CT molecular complexity index is 473. The summed E-state index contributed by atoms with van der Waals surface area (Å²) in [6, 6.07) is 2.48. The zero-order chi connectivity index (χ0) is 13.0. The summed E-state index contributed by atoms with van der Waals surface area (Å²) >= 11 is 0. The second-order valence-corrected chi connectivity index (χ2v) is 4.63. The van der Waals surface area contributed by atoms with E-state index < -0.39 is 0 Å². The Balaban J connectivity index is 1.75. The molecule has 0 saturated heterocycles. The zero-order valence-electron chi connectivity index (χ0n) is 11.2. The maximum Gasteiger partial charge on any atom is 0.0692 e. The van der Waals surface area contributed by atoms with Gasteiger partial charge in [-0.2, -0.15) is 5.10 Å². The van der Waals surface area contributed by atoms with Crippen molar-refractivity contribution in [3.8, 4) is 0 Å². The predicted molar refractivity (Wildman–Crippen MR) is 69.2 cm³/mol. The Morgan fingerprint density at radius 1 is 1.39 bits per heavy atom.